The quantitative estimate of drug-likeness (QED) is 0.276. The van der Waals surface area contributed by atoms with Crippen molar-refractivity contribution in [1.82, 2.24) is 9.38 Å². The number of para-hydroxylation sites is 1. The molecule has 0 aliphatic carbocycles. The molecule has 0 fully saturated rings. The first-order valence-electron chi connectivity index (χ1n) is 11.4. The molecule has 4 aromatic carbocycles. The Kier molecular flexibility index (Phi) is 5.04. The van der Waals surface area contributed by atoms with Crippen LogP contribution in [-0.2, 0) is 0 Å². The van der Waals surface area contributed by atoms with Crippen LogP contribution in [0.3, 0.4) is 0 Å². The molecule has 4 heteroatoms. The minimum atomic E-state index is -0.163. The monoisotopic (exact) mass is 452 g/mol. The number of fused-ring (bicyclic) bond motifs is 3. The summed E-state index contributed by atoms with van der Waals surface area (Å²) in [6, 6.07) is 36.1. The number of rotatable bonds is 5. The zero-order valence-corrected chi connectivity index (χ0v) is 18.8. The van der Waals surface area contributed by atoms with Crippen LogP contribution in [0, 0.1) is 0 Å². The third kappa shape index (κ3) is 3.62. The number of ketones is 2. The summed E-state index contributed by atoms with van der Waals surface area (Å²) in [6.07, 6.45) is 1.63. The average Bonchev–Trinajstić information content (AvgIpc) is 3.33. The normalized spacial score (nSPS) is 11.1. The van der Waals surface area contributed by atoms with Crippen molar-refractivity contribution in [3.8, 4) is 11.1 Å². The fourth-order valence-electron chi connectivity index (χ4n) is 4.51. The predicted molar refractivity (Wildman–Crippen MR) is 138 cm³/mol. The first-order valence-corrected chi connectivity index (χ1v) is 11.4. The predicted octanol–water partition coefficient (Wildman–Crippen LogP) is 6.62. The van der Waals surface area contributed by atoms with Gasteiger partial charge in [0.15, 0.2) is 5.78 Å². The van der Waals surface area contributed by atoms with Crippen LogP contribution in [0.15, 0.2) is 122 Å². The second-order valence-electron chi connectivity index (χ2n) is 8.39. The summed E-state index contributed by atoms with van der Waals surface area (Å²) < 4.78 is 1.74. The highest BCUT2D eigenvalue weighted by atomic mass is 16.1. The average molecular weight is 453 g/mol. The van der Waals surface area contributed by atoms with E-state index >= 15 is 0 Å². The Balaban J connectivity index is 1.50. The maximum atomic E-state index is 13.7. The molecule has 4 nitrogen and oxygen atoms in total. The molecule has 0 N–H and O–H groups in total. The molecule has 0 saturated heterocycles. The van der Waals surface area contributed by atoms with E-state index in [1.165, 1.54) is 0 Å². The van der Waals surface area contributed by atoms with Gasteiger partial charge in [0.05, 0.1) is 16.7 Å². The van der Waals surface area contributed by atoms with E-state index in [9.17, 15) is 9.59 Å². The van der Waals surface area contributed by atoms with Crippen LogP contribution in [0.1, 0.15) is 32.0 Å². The molecule has 6 rings (SSSR count). The van der Waals surface area contributed by atoms with E-state index in [0.29, 0.717) is 27.9 Å². The molecule has 0 aliphatic heterocycles. The molecule has 35 heavy (non-hydrogen) atoms. The Morgan fingerprint density at radius 2 is 1.20 bits per heavy atom. The summed E-state index contributed by atoms with van der Waals surface area (Å²) in [6.45, 7) is 0. The first-order chi connectivity index (χ1) is 17.2. The van der Waals surface area contributed by atoms with Gasteiger partial charge in [-0.05, 0) is 23.3 Å². The van der Waals surface area contributed by atoms with E-state index in [2.05, 4.69) is 4.98 Å². The molecule has 2 heterocycles. The third-order valence-corrected chi connectivity index (χ3v) is 6.28. The zero-order chi connectivity index (χ0) is 23.8. The SMILES string of the molecule is O=C(c1ccccc1)c1cc(C(=O)c2ccc(-c3ccccc3)cc2)n2cnc3ccccc3c12. The standard InChI is InChI=1S/C31H20N2O2/c34-30(23-11-5-2-6-12-23)26-19-28(33-20-32-27-14-8-7-13-25(27)29(26)33)31(35)24-17-15-22(16-18-24)21-9-3-1-4-10-21/h1-20H. The highest BCUT2D eigenvalue weighted by Gasteiger charge is 2.23. The van der Waals surface area contributed by atoms with Crippen LogP contribution in [0.2, 0.25) is 0 Å². The van der Waals surface area contributed by atoms with Gasteiger partial charge < -0.3 is 0 Å². The van der Waals surface area contributed by atoms with Crippen molar-refractivity contribution in [2.75, 3.05) is 0 Å². The van der Waals surface area contributed by atoms with Gasteiger partial charge in [-0.25, -0.2) is 4.98 Å². The van der Waals surface area contributed by atoms with Gasteiger partial charge >= 0.3 is 0 Å². The Labute approximate surface area is 202 Å². The summed E-state index contributed by atoms with van der Waals surface area (Å²) in [5.41, 5.74) is 5.60. The highest BCUT2D eigenvalue weighted by molar-refractivity contribution is 6.20. The molecule has 6 aromatic rings. The zero-order valence-electron chi connectivity index (χ0n) is 18.8. The van der Waals surface area contributed by atoms with E-state index in [-0.39, 0.29) is 11.6 Å². The largest absolute Gasteiger partial charge is 0.296 e. The first kappa shape index (κ1) is 20.8. The number of benzene rings is 4. The summed E-state index contributed by atoms with van der Waals surface area (Å²) in [4.78, 5) is 31.7. The number of hydrogen-bond acceptors (Lipinski definition) is 3. The second kappa shape index (κ2) is 8.50. The Morgan fingerprint density at radius 1 is 0.600 bits per heavy atom. The molecule has 2 aromatic heterocycles. The highest BCUT2D eigenvalue weighted by Crippen LogP contribution is 2.29. The molecule has 0 saturated carbocycles. The molecule has 0 unspecified atom stereocenters. The summed E-state index contributed by atoms with van der Waals surface area (Å²) >= 11 is 0. The van der Waals surface area contributed by atoms with Gasteiger partial charge in [0.25, 0.3) is 0 Å². The van der Waals surface area contributed by atoms with Crippen LogP contribution in [-0.4, -0.2) is 21.0 Å². The van der Waals surface area contributed by atoms with E-state index < -0.39 is 0 Å². The van der Waals surface area contributed by atoms with Gasteiger partial charge in [0, 0.05) is 22.1 Å². The molecule has 0 radical (unpaired) electrons. The number of hydrogen-bond donors (Lipinski definition) is 0. The van der Waals surface area contributed by atoms with Gasteiger partial charge in [-0.3, -0.25) is 14.0 Å². The van der Waals surface area contributed by atoms with Crippen LogP contribution < -0.4 is 0 Å². The Hall–Kier alpha value is -4.83. The molecule has 0 atom stereocenters. The van der Waals surface area contributed by atoms with E-state index in [1.807, 2.05) is 97.1 Å². The van der Waals surface area contributed by atoms with Crippen molar-refractivity contribution in [2.45, 2.75) is 0 Å². The van der Waals surface area contributed by atoms with Crippen molar-refractivity contribution < 1.29 is 9.59 Å². The molecule has 0 spiro atoms. The minimum absolute atomic E-state index is 0.127. The lowest BCUT2D eigenvalue weighted by molar-refractivity contribution is 0.103. The molecular formula is C31H20N2O2. The van der Waals surface area contributed by atoms with E-state index in [4.69, 9.17) is 0 Å². The maximum Gasteiger partial charge on any atom is 0.209 e. The number of nitrogens with zero attached hydrogens (tertiary/aromatic N) is 2. The Morgan fingerprint density at radius 3 is 1.94 bits per heavy atom. The fraction of sp³-hybridized carbons (Fsp3) is 0. The van der Waals surface area contributed by atoms with E-state index in [0.717, 1.165) is 22.0 Å². The Bertz CT molecular complexity index is 1700. The van der Waals surface area contributed by atoms with Crippen molar-refractivity contribution in [3.05, 3.63) is 144 Å². The van der Waals surface area contributed by atoms with Gasteiger partial charge in [-0.1, -0.05) is 103 Å². The van der Waals surface area contributed by atoms with Crippen molar-refractivity contribution >= 4 is 28.0 Å². The van der Waals surface area contributed by atoms with Crippen LogP contribution in [0.4, 0.5) is 0 Å². The third-order valence-electron chi connectivity index (χ3n) is 6.28. The van der Waals surface area contributed by atoms with Crippen molar-refractivity contribution in [2.24, 2.45) is 0 Å². The van der Waals surface area contributed by atoms with Crippen molar-refractivity contribution in [1.29, 1.82) is 0 Å². The van der Waals surface area contributed by atoms with Gasteiger partial charge in [-0.2, -0.15) is 0 Å². The lowest BCUT2D eigenvalue weighted by Gasteiger charge is -2.07. The molecule has 0 aliphatic rings. The summed E-state index contributed by atoms with van der Waals surface area (Å²) in [5.74, 6) is -0.290. The molecule has 166 valence electrons. The van der Waals surface area contributed by atoms with Crippen molar-refractivity contribution in [3.63, 3.8) is 0 Å². The summed E-state index contributed by atoms with van der Waals surface area (Å²) in [5, 5.41) is 0.827. The summed E-state index contributed by atoms with van der Waals surface area (Å²) in [7, 11) is 0. The van der Waals surface area contributed by atoms with Gasteiger partial charge in [0.2, 0.25) is 5.78 Å². The topological polar surface area (TPSA) is 51.4 Å². The minimum Gasteiger partial charge on any atom is -0.296 e. The maximum absolute atomic E-state index is 13.7. The van der Waals surface area contributed by atoms with Crippen LogP contribution >= 0.6 is 0 Å². The lowest BCUT2D eigenvalue weighted by atomic mass is 10.0. The van der Waals surface area contributed by atoms with Crippen LogP contribution in [0.5, 0.6) is 0 Å². The lowest BCUT2D eigenvalue weighted by Crippen LogP contribution is -2.05. The number of carbonyl (C=O) groups excluding carboxylic acids is 2. The fourth-order valence-corrected chi connectivity index (χ4v) is 4.51. The van der Waals surface area contributed by atoms with Crippen LogP contribution in [0.25, 0.3) is 27.5 Å². The van der Waals surface area contributed by atoms with Gasteiger partial charge in [0.1, 0.15) is 6.33 Å². The van der Waals surface area contributed by atoms with E-state index in [1.54, 1.807) is 28.9 Å². The van der Waals surface area contributed by atoms with Gasteiger partial charge in [-0.15, -0.1) is 0 Å². The molecular weight excluding hydrogens is 432 g/mol. The number of aromatic nitrogens is 2. The second-order valence-corrected chi connectivity index (χ2v) is 8.39. The number of carbonyl (C=O) groups is 2. The molecule has 0 bridgehead atoms. The molecule has 0 amide bonds. The smallest absolute Gasteiger partial charge is 0.209 e.